The van der Waals surface area contributed by atoms with Crippen LogP contribution < -0.4 is 20.9 Å². The largest absolute Gasteiger partial charge is 0.506 e. The Morgan fingerprint density at radius 2 is 1.64 bits per heavy atom. The molecule has 0 bridgehead atoms. The topological polar surface area (TPSA) is 173 Å². The second-order valence-electron chi connectivity index (χ2n) is 16.5. The number of amides is 1. The molecule has 12 nitrogen and oxygen atoms in total. The van der Waals surface area contributed by atoms with Gasteiger partial charge in [-0.2, -0.15) is 0 Å². The highest BCUT2D eigenvalue weighted by atomic mass is 32.1. The summed E-state index contributed by atoms with van der Waals surface area (Å²) in [6, 6.07) is 38.5. The van der Waals surface area contributed by atoms with Gasteiger partial charge in [-0.3, -0.25) is 14.5 Å². The number of ether oxygens (including phenoxy) is 2. The number of phenols is 1. The molecule has 3 heterocycles. The minimum absolute atomic E-state index is 0.00730. The number of thiophene rings is 1. The normalized spacial score (nSPS) is 14.7. The molecule has 14 heteroatoms. The summed E-state index contributed by atoms with van der Waals surface area (Å²) >= 11 is 1.43. The molecule has 1 aliphatic rings. The number of likely N-dealkylation sites (tertiary alicyclic amines) is 1. The molecule has 1 saturated heterocycles. The summed E-state index contributed by atoms with van der Waals surface area (Å²) in [4.78, 5) is 45.8. The average molecular weight is 911 g/mol. The number of esters is 1. The number of carbonyl (C=O) groups excluding carboxylic acids is 2. The second-order valence-corrected chi connectivity index (χ2v) is 17.6. The van der Waals surface area contributed by atoms with E-state index in [0.717, 1.165) is 53.9 Å². The lowest BCUT2D eigenvalue weighted by Gasteiger charge is -2.33. The van der Waals surface area contributed by atoms with Gasteiger partial charge in [0.05, 0.1) is 31.9 Å². The standard InChI is InChI=1S/C52H51FN4O8S/c1-64-46-27-36(26-43(53)42(46)29-54-30-45(59)40-16-18-44(58)49-41(40)17-20-48(60)56-49)50(61)55-28-39-15-19-47(66-39)35-11-8-14-38(25-35)52(63,37-12-6-3-7-13-37)51(62)65-32-34-21-23-57(24-22-34)31-33-9-4-2-5-10-33/h2-20,25-27,34,45,54,58-59,63H,21-24,28-32H2,1H3,(H,55,61)(H,56,60)/t45-,52-/m0/s1. The summed E-state index contributed by atoms with van der Waals surface area (Å²) in [6.45, 7) is 3.03. The Morgan fingerprint density at radius 1 is 0.894 bits per heavy atom. The summed E-state index contributed by atoms with van der Waals surface area (Å²) in [5, 5.41) is 39.8. The number of methoxy groups -OCH3 is 1. The number of aliphatic hydroxyl groups excluding tert-OH is 1. The monoisotopic (exact) mass is 910 g/mol. The third kappa shape index (κ3) is 10.4. The Hall–Kier alpha value is -6.68. The van der Waals surface area contributed by atoms with Crippen molar-refractivity contribution in [2.45, 2.75) is 44.2 Å². The van der Waals surface area contributed by atoms with Crippen molar-refractivity contribution in [2.75, 3.05) is 33.4 Å². The first kappa shape index (κ1) is 45.9. The highest BCUT2D eigenvalue weighted by molar-refractivity contribution is 7.15. The smallest absolute Gasteiger partial charge is 0.347 e. The maximum absolute atomic E-state index is 15.6. The van der Waals surface area contributed by atoms with Crippen LogP contribution in [0.4, 0.5) is 4.39 Å². The zero-order valence-electron chi connectivity index (χ0n) is 36.3. The molecule has 7 aromatic rings. The van der Waals surface area contributed by atoms with E-state index >= 15 is 4.39 Å². The van der Waals surface area contributed by atoms with E-state index in [2.05, 4.69) is 32.7 Å². The fourth-order valence-corrected chi connectivity index (χ4v) is 9.36. The number of rotatable bonds is 17. The summed E-state index contributed by atoms with van der Waals surface area (Å²) in [6.07, 6.45) is 0.715. The molecule has 0 radical (unpaired) electrons. The molecule has 0 aliphatic carbocycles. The van der Waals surface area contributed by atoms with Gasteiger partial charge >= 0.3 is 5.97 Å². The van der Waals surface area contributed by atoms with Crippen LogP contribution in [0.15, 0.2) is 138 Å². The van der Waals surface area contributed by atoms with Crippen molar-refractivity contribution in [3.05, 3.63) is 188 Å². The van der Waals surface area contributed by atoms with Crippen LogP contribution in [-0.2, 0) is 34.8 Å². The van der Waals surface area contributed by atoms with Gasteiger partial charge in [-0.15, -0.1) is 11.3 Å². The molecule has 6 N–H and O–H groups in total. The van der Waals surface area contributed by atoms with Crippen molar-refractivity contribution in [3.63, 3.8) is 0 Å². The van der Waals surface area contributed by atoms with Crippen LogP contribution in [0.5, 0.6) is 11.5 Å². The number of phenolic OH excluding ortho intramolecular Hbond substituents is 1. The predicted octanol–water partition coefficient (Wildman–Crippen LogP) is 7.55. The van der Waals surface area contributed by atoms with Crippen molar-refractivity contribution >= 4 is 34.1 Å². The maximum atomic E-state index is 15.6. The highest BCUT2D eigenvalue weighted by Crippen LogP contribution is 2.36. The Labute approximate surface area is 385 Å². The number of hydrogen-bond donors (Lipinski definition) is 6. The van der Waals surface area contributed by atoms with Gasteiger partial charge < -0.3 is 40.4 Å². The number of hydrogen-bond acceptors (Lipinski definition) is 11. The lowest BCUT2D eigenvalue weighted by Crippen LogP contribution is -2.40. The number of piperidine rings is 1. The molecular formula is C52H51FN4O8S. The molecule has 1 amide bonds. The number of fused-ring (bicyclic) bond motifs is 1. The first-order chi connectivity index (χ1) is 32.0. The molecule has 0 spiro atoms. The van der Waals surface area contributed by atoms with Crippen molar-refractivity contribution in [1.29, 1.82) is 0 Å². The third-order valence-corrected chi connectivity index (χ3v) is 13.2. The van der Waals surface area contributed by atoms with E-state index in [1.165, 1.54) is 48.3 Å². The number of aliphatic hydroxyl groups is 2. The fraction of sp³-hybridized carbons (Fsp3) is 0.250. The predicted molar refractivity (Wildman–Crippen MR) is 252 cm³/mol. The van der Waals surface area contributed by atoms with Gasteiger partial charge in [0.15, 0.2) is 0 Å². The fourth-order valence-electron chi connectivity index (χ4n) is 8.42. The van der Waals surface area contributed by atoms with E-state index < -0.39 is 35.0 Å². The Bertz CT molecular complexity index is 2870. The second kappa shape index (κ2) is 20.7. The quantitative estimate of drug-likeness (QED) is 0.0501. The van der Waals surface area contributed by atoms with E-state index in [-0.39, 0.29) is 60.3 Å². The van der Waals surface area contributed by atoms with Gasteiger partial charge in [-0.25, -0.2) is 9.18 Å². The Morgan fingerprint density at radius 3 is 2.39 bits per heavy atom. The SMILES string of the molecule is COc1cc(C(=O)NCc2ccc(-c3cccc([C@](O)(C(=O)OCC4CCN(Cc5ccccc5)CC4)c4ccccc4)c3)s2)cc(F)c1CNC[C@H](O)c1ccc(O)c2[nH]c(=O)ccc12. The van der Waals surface area contributed by atoms with E-state index in [1.807, 2.05) is 42.5 Å². The molecule has 1 aliphatic heterocycles. The Kier molecular flexibility index (Phi) is 14.4. The average Bonchev–Trinajstić information content (AvgIpc) is 3.83. The van der Waals surface area contributed by atoms with Gasteiger partial charge in [0.25, 0.3) is 5.91 Å². The van der Waals surface area contributed by atoms with Crippen LogP contribution in [0.3, 0.4) is 0 Å². The van der Waals surface area contributed by atoms with Crippen LogP contribution in [0.1, 0.15) is 62.0 Å². The minimum Gasteiger partial charge on any atom is -0.506 e. The van der Waals surface area contributed by atoms with Gasteiger partial charge in [-0.1, -0.05) is 84.9 Å². The zero-order chi connectivity index (χ0) is 46.2. The van der Waals surface area contributed by atoms with E-state index in [0.29, 0.717) is 22.1 Å². The number of H-pyrrole nitrogens is 1. The lowest BCUT2D eigenvalue weighted by atomic mass is 9.85. The van der Waals surface area contributed by atoms with Crippen LogP contribution in [0, 0.1) is 11.7 Å². The van der Waals surface area contributed by atoms with Crippen LogP contribution in [0.25, 0.3) is 21.3 Å². The van der Waals surface area contributed by atoms with Crippen molar-refractivity contribution in [2.24, 2.45) is 5.92 Å². The molecule has 66 heavy (non-hydrogen) atoms. The van der Waals surface area contributed by atoms with E-state index in [1.54, 1.807) is 48.5 Å². The van der Waals surface area contributed by atoms with Crippen molar-refractivity contribution < 1.29 is 38.8 Å². The number of carbonyl (C=O) groups is 2. The van der Waals surface area contributed by atoms with Crippen LogP contribution in [-0.4, -0.2) is 70.4 Å². The molecule has 2 atom stereocenters. The number of aromatic amines is 1. The highest BCUT2D eigenvalue weighted by Gasteiger charge is 2.42. The number of halogens is 1. The number of pyridine rings is 1. The Balaban J connectivity index is 0.884. The summed E-state index contributed by atoms with van der Waals surface area (Å²) in [5.74, 6) is -1.72. The molecular weight excluding hydrogens is 860 g/mol. The number of aromatic nitrogens is 1. The van der Waals surface area contributed by atoms with Crippen molar-refractivity contribution in [3.8, 4) is 21.9 Å². The molecule has 0 unspecified atom stereocenters. The molecule has 2 aromatic heterocycles. The third-order valence-electron chi connectivity index (χ3n) is 12.1. The number of benzene rings is 5. The molecule has 0 saturated carbocycles. The van der Waals surface area contributed by atoms with E-state index in [4.69, 9.17) is 9.47 Å². The number of nitrogens with one attached hydrogen (secondary N) is 3. The maximum Gasteiger partial charge on any atom is 0.347 e. The van der Waals surface area contributed by atoms with Crippen molar-refractivity contribution in [1.82, 2.24) is 20.5 Å². The lowest BCUT2D eigenvalue weighted by molar-refractivity contribution is -0.164. The van der Waals surface area contributed by atoms with Gasteiger partial charge in [-0.05, 0) is 96.6 Å². The first-order valence-corrected chi connectivity index (χ1v) is 22.6. The van der Waals surface area contributed by atoms with Gasteiger partial charge in [0, 0.05) is 57.5 Å². The summed E-state index contributed by atoms with van der Waals surface area (Å²) < 4.78 is 27.0. The van der Waals surface area contributed by atoms with Crippen LogP contribution >= 0.6 is 11.3 Å². The zero-order valence-corrected chi connectivity index (χ0v) is 37.2. The molecule has 340 valence electrons. The van der Waals surface area contributed by atoms with Gasteiger partial charge in [0.2, 0.25) is 11.2 Å². The van der Waals surface area contributed by atoms with Gasteiger partial charge in [0.1, 0.15) is 17.3 Å². The minimum atomic E-state index is -2.06. The summed E-state index contributed by atoms with van der Waals surface area (Å²) in [7, 11) is 1.38. The molecule has 1 fully saturated rings. The van der Waals surface area contributed by atoms with E-state index in [9.17, 15) is 29.7 Å². The molecule has 5 aromatic carbocycles. The first-order valence-electron chi connectivity index (χ1n) is 21.8. The molecule has 8 rings (SSSR count). The number of aromatic hydroxyl groups is 1. The summed E-state index contributed by atoms with van der Waals surface area (Å²) in [5.41, 5.74) is 1.23. The van der Waals surface area contributed by atoms with Crippen LogP contribution in [0.2, 0.25) is 0 Å². The number of nitrogens with zero attached hydrogens (tertiary/aromatic N) is 1.